The van der Waals surface area contributed by atoms with Crippen LogP contribution in [0.5, 0.6) is 0 Å². The van der Waals surface area contributed by atoms with Crippen LogP contribution in [0.2, 0.25) is 0 Å². The quantitative estimate of drug-likeness (QED) is 0.492. The summed E-state index contributed by atoms with van der Waals surface area (Å²) < 4.78 is 1.01. The van der Waals surface area contributed by atoms with Crippen molar-refractivity contribution in [3.63, 3.8) is 0 Å². The van der Waals surface area contributed by atoms with E-state index in [-0.39, 0.29) is 5.76 Å². The second-order valence-corrected chi connectivity index (χ2v) is 8.28. The number of likely N-dealkylation sites (tertiary alicyclic amines) is 1. The summed E-state index contributed by atoms with van der Waals surface area (Å²) in [5, 5.41) is 22.7. The number of hydrogen-bond acceptors (Lipinski definition) is 5. The summed E-state index contributed by atoms with van der Waals surface area (Å²) in [4.78, 5) is 6.87. The predicted molar refractivity (Wildman–Crippen MR) is 110 cm³/mol. The van der Waals surface area contributed by atoms with Gasteiger partial charge in [-0.15, -0.1) is 11.3 Å². The fourth-order valence-electron chi connectivity index (χ4n) is 3.38. The van der Waals surface area contributed by atoms with Crippen LogP contribution in [0.1, 0.15) is 37.6 Å². The predicted octanol–water partition coefficient (Wildman–Crippen LogP) is 5.63. The van der Waals surface area contributed by atoms with E-state index in [2.05, 4.69) is 38.8 Å². The van der Waals surface area contributed by atoms with E-state index in [1.807, 2.05) is 29.6 Å². The molecule has 2 aromatic rings. The number of thiazole rings is 1. The van der Waals surface area contributed by atoms with Gasteiger partial charge < -0.3 is 5.11 Å². The average molecular weight is 432 g/mol. The van der Waals surface area contributed by atoms with E-state index in [0.717, 1.165) is 41.5 Å². The fourth-order valence-corrected chi connectivity index (χ4v) is 4.49. The third-order valence-corrected chi connectivity index (χ3v) is 6.22. The Labute approximate surface area is 166 Å². The van der Waals surface area contributed by atoms with Crippen molar-refractivity contribution in [2.24, 2.45) is 0 Å². The van der Waals surface area contributed by atoms with Crippen molar-refractivity contribution < 1.29 is 5.11 Å². The highest BCUT2D eigenvalue weighted by Gasteiger charge is 2.23. The summed E-state index contributed by atoms with van der Waals surface area (Å²) in [7, 11) is 0. The molecule has 136 valence electrons. The molecule has 0 bridgehead atoms. The molecule has 1 fully saturated rings. The van der Waals surface area contributed by atoms with Gasteiger partial charge in [0.2, 0.25) is 0 Å². The van der Waals surface area contributed by atoms with Crippen molar-refractivity contribution in [3.05, 3.63) is 44.9 Å². The molecule has 26 heavy (non-hydrogen) atoms. The van der Waals surface area contributed by atoms with Crippen LogP contribution in [0.15, 0.2) is 39.9 Å². The maximum absolute atomic E-state index is 10.6. The molecule has 0 amide bonds. The topological polar surface area (TPSA) is 60.1 Å². The van der Waals surface area contributed by atoms with E-state index in [1.54, 1.807) is 0 Å². The summed E-state index contributed by atoms with van der Waals surface area (Å²) in [5.74, 6) is 0.129. The van der Waals surface area contributed by atoms with E-state index < -0.39 is 0 Å². The van der Waals surface area contributed by atoms with Gasteiger partial charge in [-0.2, -0.15) is 5.26 Å². The lowest BCUT2D eigenvalue weighted by atomic mass is 10.00. The molecule has 0 radical (unpaired) electrons. The van der Waals surface area contributed by atoms with Crippen molar-refractivity contribution in [1.29, 1.82) is 5.26 Å². The van der Waals surface area contributed by atoms with Crippen LogP contribution >= 0.6 is 27.3 Å². The molecule has 4 nitrogen and oxygen atoms in total. The molecule has 0 spiro atoms. The van der Waals surface area contributed by atoms with Gasteiger partial charge >= 0.3 is 0 Å². The van der Waals surface area contributed by atoms with Gasteiger partial charge in [0.1, 0.15) is 22.4 Å². The van der Waals surface area contributed by atoms with E-state index >= 15 is 0 Å². The minimum atomic E-state index is 0.129. The Morgan fingerprint density at radius 2 is 2.15 bits per heavy atom. The summed E-state index contributed by atoms with van der Waals surface area (Å²) in [5.41, 5.74) is 2.11. The van der Waals surface area contributed by atoms with Crippen LogP contribution in [0, 0.1) is 11.3 Å². The van der Waals surface area contributed by atoms with E-state index in [0.29, 0.717) is 23.2 Å². The molecule has 1 aliphatic heterocycles. The Balaban J connectivity index is 1.82. The van der Waals surface area contributed by atoms with Crippen molar-refractivity contribution in [3.8, 4) is 17.3 Å². The molecule has 1 N–H and O–H groups in total. The van der Waals surface area contributed by atoms with Gasteiger partial charge in [0.15, 0.2) is 0 Å². The molecule has 0 saturated carbocycles. The van der Waals surface area contributed by atoms with Crippen LogP contribution in [0.25, 0.3) is 16.8 Å². The molecule has 2 heterocycles. The zero-order valence-electron chi connectivity index (χ0n) is 14.8. The number of piperidine rings is 1. The van der Waals surface area contributed by atoms with Gasteiger partial charge in [0, 0.05) is 21.5 Å². The molecule has 1 aromatic heterocycles. The molecular formula is C20H22BrN3OS. The zero-order valence-corrected chi connectivity index (χ0v) is 17.2. The molecule has 1 atom stereocenters. The fraction of sp³-hybridized carbons (Fsp3) is 0.400. The maximum Gasteiger partial charge on any atom is 0.138 e. The van der Waals surface area contributed by atoms with E-state index in [4.69, 9.17) is 0 Å². The first kappa shape index (κ1) is 19.1. The normalized spacial score (nSPS) is 19.0. The number of benzene rings is 1. The van der Waals surface area contributed by atoms with Gasteiger partial charge in [-0.05, 0) is 37.9 Å². The molecule has 1 saturated heterocycles. The number of halogens is 1. The Kier molecular flexibility index (Phi) is 6.47. The summed E-state index contributed by atoms with van der Waals surface area (Å²) in [6.45, 7) is 3.58. The number of rotatable bonds is 5. The van der Waals surface area contributed by atoms with Gasteiger partial charge in [-0.3, -0.25) is 4.90 Å². The molecule has 0 aliphatic carbocycles. The second-order valence-electron chi connectivity index (χ2n) is 6.51. The van der Waals surface area contributed by atoms with Crippen LogP contribution in [-0.4, -0.2) is 34.1 Å². The Morgan fingerprint density at radius 3 is 2.85 bits per heavy atom. The minimum Gasteiger partial charge on any atom is -0.509 e. The first-order chi connectivity index (χ1) is 12.6. The Morgan fingerprint density at radius 1 is 1.38 bits per heavy atom. The van der Waals surface area contributed by atoms with Gasteiger partial charge in [-0.25, -0.2) is 4.98 Å². The number of aromatic nitrogens is 1. The van der Waals surface area contributed by atoms with Crippen molar-refractivity contribution in [1.82, 2.24) is 9.88 Å². The number of nitrogens with zero attached hydrogens (tertiary/aromatic N) is 3. The van der Waals surface area contributed by atoms with Crippen molar-refractivity contribution >= 4 is 32.8 Å². The first-order valence-corrected chi connectivity index (χ1v) is 10.6. The highest BCUT2D eigenvalue weighted by Crippen LogP contribution is 2.29. The molecule has 1 aliphatic rings. The average Bonchev–Trinajstić information content (AvgIpc) is 3.13. The Bertz CT molecular complexity index is 822. The molecular weight excluding hydrogens is 410 g/mol. The molecule has 3 rings (SSSR count). The van der Waals surface area contributed by atoms with Crippen LogP contribution in [0.3, 0.4) is 0 Å². The third kappa shape index (κ3) is 4.35. The number of aliphatic hydroxyl groups excluding tert-OH is 1. The summed E-state index contributed by atoms with van der Waals surface area (Å²) >= 11 is 4.82. The molecule has 1 aromatic carbocycles. The molecule has 0 unspecified atom stereocenters. The Hall–Kier alpha value is -1.68. The van der Waals surface area contributed by atoms with Crippen molar-refractivity contribution in [2.45, 2.75) is 38.6 Å². The van der Waals surface area contributed by atoms with Gasteiger partial charge in [0.25, 0.3) is 0 Å². The lowest BCUT2D eigenvalue weighted by Crippen LogP contribution is -2.40. The highest BCUT2D eigenvalue weighted by molar-refractivity contribution is 9.10. The number of nitriles is 1. The van der Waals surface area contributed by atoms with Crippen molar-refractivity contribution in [2.75, 3.05) is 13.1 Å². The minimum absolute atomic E-state index is 0.129. The van der Waals surface area contributed by atoms with Crippen LogP contribution in [-0.2, 0) is 0 Å². The summed E-state index contributed by atoms with van der Waals surface area (Å²) in [6.07, 6.45) is 4.63. The first-order valence-electron chi connectivity index (χ1n) is 8.90. The standard InChI is InChI=1S/C20H22BrN3OS/c1-2-16-5-3-4-10-24(16)12-19(25)17(11-22)20-23-18(13-26-20)14-6-8-15(21)9-7-14/h6-9,13,16,25H,2-5,10,12H2,1H3/b19-17-/t16-/m0/s1. The number of hydrogen-bond donors (Lipinski definition) is 1. The highest BCUT2D eigenvalue weighted by atomic mass is 79.9. The number of allylic oxidation sites excluding steroid dienone is 1. The molecule has 6 heteroatoms. The lowest BCUT2D eigenvalue weighted by molar-refractivity contribution is 0.140. The van der Waals surface area contributed by atoms with Crippen LogP contribution in [0.4, 0.5) is 0 Å². The van der Waals surface area contributed by atoms with Crippen LogP contribution < -0.4 is 0 Å². The van der Waals surface area contributed by atoms with Gasteiger partial charge in [0.05, 0.1) is 12.2 Å². The SMILES string of the molecule is CC[C@H]1CCCCN1C/C(O)=C(\C#N)c1nc(-c2ccc(Br)cc2)cs1. The lowest BCUT2D eigenvalue weighted by Gasteiger charge is -2.34. The number of aliphatic hydroxyl groups is 1. The van der Waals surface area contributed by atoms with Gasteiger partial charge in [-0.1, -0.05) is 41.4 Å². The third-order valence-electron chi connectivity index (χ3n) is 4.83. The second kappa shape index (κ2) is 8.81. The zero-order chi connectivity index (χ0) is 18.5. The smallest absolute Gasteiger partial charge is 0.138 e. The summed E-state index contributed by atoms with van der Waals surface area (Å²) in [6, 6.07) is 10.5. The monoisotopic (exact) mass is 431 g/mol. The van der Waals surface area contributed by atoms with E-state index in [1.165, 1.54) is 17.8 Å². The largest absolute Gasteiger partial charge is 0.509 e. The maximum atomic E-state index is 10.6. The van der Waals surface area contributed by atoms with E-state index in [9.17, 15) is 10.4 Å².